The zero-order valence-corrected chi connectivity index (χ0v) is 13.2. The first-order chi connectivity index (χ1) is 9.58. The molecule has 0 N–H and O–H groups in total. The van der Waals surface area contributed by atoms with Crippen LogP contribution in [0.1, 0.15) is 30.0 Å². The minimum Gasteiger partial charge on any atom is -0.308 e. The average Bonchev–Trinajstić information content (AvgIpc) is 2.44. The fourth-order valence-corrected chi connectivity index (χ4v) is 2.58. The summed E-state index contributed by atoms with van der Waals surface area (Å²) < 4.78 is 1.87. The molecule has 0 aliphatic heterocycles. The summed E-state index contributed by atoms with van der Waals surface area (Å²) in [5.74, 6) is 0.482. The Balaban J connectivity index is 2.63. The van der Waals surface area contributed by atoms with Gasteiger partial charge in [-0.05, 0) is 49.1 Å². The molecule has 0 amide bonds. The van der Waals surface area contributed by atoms with E-state index in [1.807, 2.05) is 16.7 Å². The number of aromatic nitrogens is 1. The second kappa shape index (κ2) is 6.31. The highest BCUT2D eigenvalue weighted by molar-refractivity contribution is 7.79. The molecule has 0 atom stereocenters. The van der Waals surface area contributed by atoms with Gasteiger partial charge in [0, 0.05) is 17.9 Å². The van der Waals surface area contributed by atoms with Gasteiger partial charge in [0.25, 0.3) is 5.56 Å². The van der Waals surface area contributed by atoms with Gasteiger partial charge in [-0.15, -0.1) is 0 Å². The largest absolute Gasteiger partial charge is 0.308 e. The van der Waals surface area contributed by atoms with E-state index in [4.69, 9.17) is 0 Å². The van der Waals surface area contributed by atoms with E-state index in [1.165, 1.54) is 11.1 Å². The molecule has 106 valence electrons. The number of pyridine rings is 1. The lowest BCUT2D eigenvalue weighted by Crippen LogP contribution is -2.24. The first-order valence-electron chi connectivity index (χ1n) is 6.99. The maximum Gasteiger partial charge on any atom is 0.255 e. The number of aryl methyl sites for hydroxylation is 2. The highest BCUT2D eigenvalue weighted by Gasteiger charge is 2.09. The SMILES string of the molecule is CCCn1c(-c2ccc(C)c(C)c2)ccc(CS)c1=O. The van der Waals surface area contributed by atoms with Gasteiger partial charge in [0.15, 0.2) is 0 Å². The molecule has 2 rings (SSSR count). The first kappa shape index (κ1) is 14.9. The van der Waals surface area contributed by atoms with Crippen LogP contribution in [0.25, 0.3) is 11.3 Å². The molecule has 0 radical (unpaired) electrons. The minimum absolute atomic E-state index is 0.0811. The second-order valence-corrected chi connectivity index (χ2v) is 5.47. The van der Waals surface area contributed by atoms with Crippen molar-refractivity contribution in [3.8, 4) is 11.3 Å². The molecule has 2 nitrogen and oxygen atoms in total. The number of benzene rings is 1. The smallest absolute Gasteiger partial charge is 0.255 e. The molecule has 0 fully saturated rings. The van der Waals surface area contributed by atoms with Gasteiger partial charge in [0.2, 0.25) is 0 Å². The maximum absolute atomic E-state index is 12.4. The summed E-state index contributed by atoms with van der Waals surface area (Å²) in [5.41, 5.74) is 5.45. The Bertz CT molecular complexity index is 673. The molecule has 0 saturated heterocycles. The van der Waals surface area contributed by atoms with Crippen molar-refractivity contribution < 1.29 is 0 Å². The molecule has 0 spiro atoms. The van der Waals surface area contributed by atoms with Gasteiger partial charge in [-0.1, -0.05) is 25.1 Å². The van der Waals surface area contributed by atoms with Crippen LogP contribution in [0, 0.1) is 13.8 Å². The third-order valence-electron chi connectivity index (χ3n) is 3.67. The Morgan fingerprint density at radius 3 is 2.45 bits per heavy atom. The van der Waals surface area contributed by atoms with E-state index < -0.39 is 0 Å². The molecular formula is C17H21NOS. The van der Waals surface area contributed by atoms with Crippen molar-refractivity contribution in [1.29, 1.82) is 0 Å². The molecule has 1 heterocycles. The van der Waals surface area contributed by atoms with E-state index in [9.17, 15) is 4.79 Å². The third kappa shape index (κ3) is 2.83. The summed E-state index contributed by atoms with van der Waals surface area (Å²) in [6, 6.07) is 10.3. The Labute approximate surface area is 125 Å². The summed E-state index contributed by atoms with van der Waals surface area (Å²) in [6.45, 7) is 7.03. The standard InChI is InChI=1S/C17H21NOS/c1-4-9-18-16(8-7-15(11-20)17(18)19)14-6-5-12(2)13(3)10-14/h5-8,10,20H,4,9,11H2,1-3H3. The van der Waals surface area contributed by atoms with Crippen molar-refractivity contribution in [1.82, 2.24) is 4.57 Å². The van der Waals surface area contributed by atoms with Crippen molar-refractivity contribution in [2.24, 2.45) is 0 Å². The van der Waals surface area contributed by atoms with Crippen LogP contribution < -0.4 is 5.56 Å². The lowest BCUT2D eigenvalue weighted by Gasteiger charge is -2.14. The predicted octanol–water partition coefficient (Wildman–Crippen LogP) is 3.97. The normalized spacial score (nSPS) is 10.8. The third-order valence-corrected chi connectivity index (χ3v) is 4.01. The van der Waals surface area contributed by atoms with Crippen LogP contribution in [0.3, 0.4) is 0 Å². The minimum atomic E-state index is 0.0811. The molecular weight excluding hydrogens is 266 g/mol. The van der Waals surface area contributed by atoms with Crippen LogP contribution in [0.15, 0.2) is 35.1 Å². The van der Waals surface area contributed by atoms with Crippen LogP contribution in [-0.2, 0) is 12.3 Å². The van der Waals surface area contributed by atoms with Gasteiger partial charge >= 0.3 is 0 Å². The maximum atomic E-state index is 12.4. The van der Waals surface area contributed by atoms with E-state index >= 15 is 0 Å². The molecule has 0 bridgehead atoms. The van der Waals surface area contributed by atoms with Gasteiger partial charge in [-0.2, -0.15) is 12.6 Å². The Hall–Kier alpha value is -1.48. The quantitative estimate of drug-likeness (QED) is 0.844. The lowest BCUT2D eigenvalue weighted by atomic mass is 10.0. The van der Waals surface area contributed by atoms with E-state index in [1.54, 1.807) is 0 Å². The van der Waals surface area contributed by atoms with E-state index in [-0.39, 0.29) is 5.56 Å². The number of nitrogens with zero attached hydrogens (tertiary/aromatic N) is 1. The molecule has 1 aromatic carbocycles. The van der Waals surface area contributed by atoms with Crippen LogP contribution >= 0.6 is 12.6 Å². The van der Waals surface area contributed by atoms with Gasteiger partial charge in [0.1, 0.15) is 0 Å². The second-order valence-electron chi connectivity index (χ2n) is 5.16. The van der Waals surface area contributed by atoms with Crippen molar-refractivity contribution in [3.05, 3.63) is 57.4 Å². The molecule has 3 heteroatoms. The van der Waals surface area contributed by atoms with E-state index in [0.717, 1.165) is 29.8 Å². The summed E-state index contributed by atoms with van der Waals surface area (Å²) >= 11 is 4.23. The molecule has 0 saturated carbocycles. The summed E-state index contributed by atoms with van der Waals surface area (Å²) in [4.78, 5) is 12.4. The lowest BCUT2D eigenvalue weighted by molar-refractivity contribution is 0.657. The zero-order valence-electron chi connectivity index (χ0n) is 12.3. The Kier molecular flexibility index (Phi) is 4.71. The van der Waals surface area contributed by atoms with E-state index in [2.05, 4.69) is 51.6 Å². The fraction of sp³-hybridized carbons (Fsp3) is 0.353. The van der Waals surface area contributed by atoms with Crippen molar-refractivity contribution >= 4 is 12.6 Å². The predicted molar refractivity (Wildman–Crippen MR) is 88.6 cm³/mol. The Morgan fingerprint density at radius 2 is 1.85 bits per heavy atom. The summed E-state index contributed by atoms with van der Waals surface area (Å²) in [6.07, 6.45) is 0.938. The molecule has 0 aliphatic carbocycles. The van der Waals surface area contributed by atoms with Gasteiger partial charge in [-0.25, -0.2) is 0 Å². The number of hydrogen-bond acceptors (Lipinski definition) is 2. The van der Waals surface area contributed by atoms with E-state index in [0.29, 0.717) is 5.75 Å². The number of rotatable bonds is 4. The highest BCUT2D eigenvalue weighted by atomic mass is 32.1. The summed E-state index contributed by atoms with van der Waals surface area (Å²) in [7, 11) is 0. The van der Waals surface area contributed by atoms with Gasteiger partial charge < -0.3 is 4.57 Å². The van der Waals surface area contributed by atoms with Crippen LogP contribution in [-0.4, -0.2) is 4.57 Å². The fourth-order valence-electron chi connectivity index (χ4n) is 2.34. The van der Waals surface area contributed by atoms with Crippen molar-refractivity contribution in [2.45, 2.75) is 39.5 Å². The highest BCUT2D eigenvalue weighted by Crippen LogP contribution is 2.22. The average molecular weight is 287 g/mol. The number of thiol groups is 1. The molecule has 2 aromatic rings. The van der Waals surface area contributed by atoms with Gasteiger partial charge in [-0.3, -0.25) is 4.79 Å². The summed E-state index contributed by atoms with van der Waals surface area (Å²) in [5, 5.41) is 0. The first-order valence-corrected chi connectivity index (χ1v) is 7.63. The zero-order chi connectivity index (χ0) is 14.7. The molecule has 0 unspecified atom stereocenters. The van der Waals surface area contributed by atoms with Crippen molar-refractivity contribution in [3.63, 3.8) is 0 Å². The van der Waals surface area contributed by atoms with Crippen LogP contribution in [0.4, 0.5) is 0 Å². The topological polar surface area (TPSA) is 22.0 Å². The van der Waals surface area contributed by atoms with Crippen LogP contribution in [0.2, 0.25) is 0 Å². The van der Waals surface area contributed by atoms with Gasteiger partial charge in [0.05, 0.1) is 5.69 Å². The number of hydrogen-bond donors (Lipinski definition) is 1. The van der Waals surface area contributed by atoms with Crippen LogP contribution in [0.5, 0.6) is 0 Å². The molecule has 1 aromatic heterocycles. The molecule has 20 heavy (non-hydrogen) atoms. The molecule has 0 aliphatic rings. The monoisotopic (exact) mass is 287 g/mol. The Morgan fingerprint density at radius 1 is 1.10 bits per heavy atom. The van der Waals surface area contributed by atoms with Crippen molar-refractivity contribution in [2.75, 3.05) is 0 Å².